The largest absolute Gasteiger partial charge is 0.206 e. The predicted octanol–water partition coefficient (Wildman–Crippen LogP) is 26.4. The van der Waals surface area contributed by atoms with Crippen molar-refractivity contribution in [3.05, 3.63) is 333 Å². The van der Waals surface area contributed by atoms with E-state index in [0.29, 0.717) is 87.5 Å². The molecule has 0 aliphatic heterocycles. The van der Waals surface area contributed by atoms with Crippen molar-refractivity contribution in [2.75, 3.05) is 0 Å². The van der Waals surface area contributed by atoms with E-state index in [-0.39, 0.29) is 5.56 Å². The third kappa shape index (κ3) is 18.3. The molecule has 0 bridgehead atoms. The Morgan fingerprint density at radius 3 is 0.612 bits per heavy atom. The number of halogens is 20. The van der Waals surface area contributed by atoms with Crippen LogP contribution in [0.2, 0.25) is 0 Å². The third-order valence-corrected chi connectivity index (χ3v) is 16.5. The smallest absolute Gasteiger partial charge is 0.194 e. The molecule has 0 aliphatic carbocycles. The summed E-state index contributed by atoms with van der Waals surface area (Å²) >= 11 is 0. The molecule has 0 nitrogen and oxygen atoms in total. The van der Waals surface area contributed by atoms with E-state index in [9.17, 15) is 87.8 Å². The Morgan fingerprint density at radius 1 is 0.194 bits per heavy atom. The SMILES string of the molecule is CCCCCc1ccc(-c2cc(F)c(-c3cc(F)c(F)c(F)c3)c(F)c2)cc1.CCCc1ccc(-c2cc(F)c(-c3cc(F)c(F)c(F)c3)c(F)c2)cc1.CCc1ccc(-c2cc(F)c(-c3cc(F)c(F)c(F)c3)c(F)c2)cc1.Cc1ccc(-c2cc(F)c(-c3cc(F)c(F)c(F)c3)c(F)c2)cc1. The van der Waals surface area contributed by atoms with Gasteiger partial charge in [-0.2, -0.15) is 0 Å². The Hall–Kier alpha value is -10.8. The van der Waals surface area contributed by atoms with Crippen molar-refractivity contribution < 1.29 is 87.8 Å². The van der Waals surface area contributed by atoms with Crippen molar-refractivity contribution in [2.24, 2.45) is 0 Å². The van der Waals surface area contributed by atoms with E-state index in [1.165, 1.54) is 0 Å². The summed E-state index contributed by atoms with van der Waals surface area (Å²) in [7, 11) is 0. The molecule has 0 saturated carbocycles. The lowest BCUT2D eigenvalue weighted by atomic mass is 9.97. The molecule has 0 heterocycles. The molecule has 20 heteroatoms. The average Bonchev–Trinajstić information content (AvgIpc) is 0.805. The highest BCUT2D eigenvalue weighted by atomic mass is 19.2. The zero-order valence-corrected chi connectivity index (χ0v) is 55.0. The first-order valence-electron chi connectivity index (χ1n) is 32.0. The first kappa shape index (κ1) is 76.4. The molecule has 0 amide bonds. The van der Waals surface area contributed by atoms with Gasteiger partial charge in [-0.05, 0) is 213 Å². The minimum atomic E-state index is -1.68. The Kier molecular flexibility index (Phi) is 25.1. The maximum Gasteiger partial charge on any atom is 0.194 e. The quantitative estimate of drug-likeness (QED) is 0.0545. The summed E-state index contributed by atoms with van der Waals surface area (Å²) in [6.07, 6.45) is 7.03. The molecule has 0 saturated heterocycles. The highest BCUT2D eigenvalue weighted by Crippen LogP contribution is 2.38. The summed E-state index contributed by atoms with van der Waals surface area (Å²) in [6, 6.07) is 42.1. The molecular formula is C83H58F20. The Balaban J connectivity index is 0.000000160. The van der Waals surface area contributed by atoms with E-state index in [1.807, 2.05) is 50.2 Å². The van der Waals surface area contributed by atoms with E-state index in [4.69, 9.17) is 0 Å². The molecule has 0 atom stereocenters. The first-order chi connectivity index (χ1) is 49.1. The zero-order valence-electron chi connectivity index (χ0n) is 55.0. The van der Waals surface area contributed by atoms with Crippen molar-refractivity contribution in [3.8, 4) is 89.0 Å². The summed E-state index contributed by atoms with van der Waals surface area (Å²) in [6.45, 7) is 8.05. The van der Waals surface area contributed by atoms with Gasteiger partial charge in [0.05, 0.1) is 22.3 Å². The second-order valence-electron chi connectivity index (χ2n) is 23.8. The molecule has 530 valence electrons. The van der Waals surface area contributed by atoms with Gasteiger partial charge in [0.15, 0.2) is 69.8 Å². The lowest BCUT2D eigenvalue weighted by Gasteiger charge is -2.10. The Labute approximate surface area is 579 Å². The fourth-order valence-electron chi connectivity index (χ4n) is 11.1. The van der Waals surface area contributed by atoms with Crippen LogP contribution < -0.4 is 0 Å². The van der Waals surface area contributed by atoms with E-state index < -0.39 is 161 Å². The second kappa shape index (κ2) is 33.8. The molecule has 0 fully saturated rings. The fourth-order valence-corrected chi connectivity index (χ4v) is 11.1. The van der Waals surface area contributed by atoms with Gasteiger partial charge in [0, 0.05) is 0 Å². The molecule has 0 spiro atoms. The highest BCUT2D eigenvalue weighted by Gasteiger charge is 2.24. The molecule has 0 unspecified atom stereocenters. The van der Waals surface area contributed by atoms with Gasteiger partial charge in [-0.3, -0.25) is 0 Å². The van der Waals surface area contributed by atoms with Gasteiger partial charge in [-0.25, -0.2) is 87.8 Å². The number of aryl methyl sites for hydroxylation is 4. The van der Waals surface area contributed by atoms with Crippen LogP contribution in [0.3, 0.4) is 0 Å². The average molecular weight is 1440 g/mol. The van der Waals surface area contributed by atoms with Crippen LogP contribution in [-0.2, 0) is 19.3 Å². The standard InChI is InChI=1S/C23H19F5.C21H15F5.C20H13F5.C19H11F5/c1-2-3-4-5-14-6-8-15(9-7-14)16-10-18(24)22(19(25)11-16)17-12-20(26)23(28)21(27)13-17;1-2-3-12-4-6-13(7-5-12)14-8-16(22)20(17(23)9-14)15-10-18(24)21(26)19(25)11-15;1-2-11-3-5-12(6-4-11)13-7-15(21)19(16(22)8-13)14-9-17(23)20(25)18(24)10-14;1-10-2-4-11(5-3-10)12-6-14(20)18(15(21)7-12)13-8-16(22)19(24)17(23)9-13/h6-13H,2-5H2,1H3;4-11H,2-3H2,1H3;3-10H,2H2,1H3;2-9H,1H3. The van der Waals surface area contributed by atoms with Crippen LogP contribution >= 0.6 is 0 Å². The van der Waals surface area contributed by atoms with Crippen molar-refractivity contribution in [1.29, 1.82) is 0 Å². The van der Waals surface area contributed by atoms with Gasteiger partial charge in [0.1, 0.15) is 46.5 Å². The van der Waals surface area contributed by atoms with Crippen LogP contribution in [0.1, 0.15) is 68.7 Å². The van der Waals surface area contributed by atoms with Crippen LogP contribution in [-0.4, -0.2) is 0 Å². The molecule has 0 radical (unpaired) electrons. The summed E-state index contributed by atoms with van der Waals surface area (Å²) < 4.78 is 275. The molecule has 0 aliphatic rings. The topological polar surface area (TPSA) is 0 Å². The normalized spacial score (nSPS) is 11.0. The lowest BCUT2D eigenvalue weighted by Crippen LogP contribution is -1.97. The van der Waals surface area contributed by atoms with Crippen molar-refractivity contribution in [2.45, 2.75) is 72.6 Å². The summed E-state index contributed by atoms with van der Waals surface area (Å²) in [4.78, 5) is 0. The number of hydrogen-bond acceptors (Lipinski definition) is 0. The molecule has 12 aromatic carbocycles. The zero-order chi connectivity index (χ0) is 74.7. The van der Waals surface area contributed by atoms with Gasteiger partial charge in [-0.1, -0.05) is 143 Å². The maximum atomic E-state index is 14.6. The predicted molar refractivity (Wildman–Crippen MR) is 360 cm³/mol. The van der Waals surface area contributed by atoms with E-state index in [1.54, 1.807) is 60.7 Å². The third-order valence-electron chi connectivity index (χ3n) is 16.5. The molecule has 12 aromatic rings. The van der Waals surface area contributed by atoms with Crippen LogP contribution in [0.25, 0.3) is 89.0 Å². The van der Waals surface area contributed by atoms with Crippen LogP contribution in [0.4, 0.5) is 87.8 Å². The van der Waals surface area contributed by atoms with Crippen molar-refractivity contribution in [1.82, 2.24) is 0 Å². The van der Waals surface area contributed by atoms with Crippen LogP contribution in [0.5, 0.6) is 0 Å². The maximum absolute atomic E-state index is 14.6. The Bertz CT molecular complexity index is 4840. The molecule has 0 aromatic heterocycles. The summed E-state index contributed by atoms with van der Waals surface area (Å²) in [5.41, 5.74) is 3.96. The summed E-state index contributed by atoms with van der Waals surface area (Å²) in [5, 5.41) is 0. The van der Waals surface area contributed by atoms with E-state index in [2.05, 4.69) is 13.8 Å². The molecule has 0 N–H and O–H groups in total. The molecule has 12 rings (SSSR count). The molecule has 103 heavy (non-hydrogen) atoms. The first-order valence-corrected chi connectivity index (χ1v) is 32.0. The van der Waals surface area contributed by atoms with Crippen LogP contribution in [0.15, 0.2) is 194 Å². The number of hydrogen-bond donors (Lipinski definition) is 0. The van der Waals surface area contributed by atoms with Gasteiger partial charge >= 0.3 is 0 Å². The Morgan fingerprint density at radius 2 is 0.398 bits per heavy atom. The fraction of sp³-hybridized carbons (Fsp3) is 0.133. The van der Waals surface area contributed by atoms with E-state index in [0.717, 1.165) is 116 Å². The van der Waals surface area contributed by atoms with Crippen LogP contribution in [0, 0.1) is 123 Å². The highest BCUT2D eigenvalue weighted by molar-refractivity contribution is 5.76. The summed E-state index contributed by atoms with van der Waals surface area (Å²) in [5.74, 6) is -26.7. The molecular weight excluding hydrogens is 1380 g/mol. The number of benzene rings is 12. The monoisotopic (exact) mass is 1430 g/mol. The van der Waals surface area contributed by atoms with Gasteiger partial charge in [0.25, 0.3) is 0 Å². The van der Waals surface area contributed by atoms with Gasteiger partial charge in [0.2, 0.25) is 0 Å². The number of rotatable bonds is 15. The number of unbranched alkanes of at least 4 members (excludes halogenated alkanes) is 2. The van der Waals surface area contributed by atoms with Crippen molar-refractivity contribution in [3.63, 3.8) is 0 Å². The second-order valence-corrected chi connectivity index (χ2v) is 23.8. The van der Waals surface area contributed by atoms with Crippen molar-refractivity contribution >= 4 is 0 Å². The lowest BCUT2D eigenvalue weighted by molar-refractivity contribution is 0.447. The van der Waals surface area contributed by atoms with Gasteiger partial charge < -0.3 is 0 Å². The van der Waals surface area contributed by atoms with E-state index >= 15 is 0 Å². The minimum absolute atomic E-state index is 0.289. The minimum Gasteiger partial charge on any atom is -0.206 e. The van der Waals surface area contributed by atoms with Gasteiger partial charge in [-0.15, -0.1) is 0 Å².